The second-order valence-electron chi connectivity index (χ2n) is 8.60. The number of rotatable bonds is 5. The Kier molecular flexibility index (Phi) is 7.16. The van der Waals surface area contributed by atoms with Crippen molar-refractivity contribution in [1.29, 1.82) is 0 Å². The smallest absolute Gasteiger partial charge is 0.243 e. The van der Waals surface area contributed by atoms with Gasteiger partial charge in [-0.2, -0.15) is 4.31 Å². The molecule has 4 rings (SSSR count). The Labute approximate surface area is 200 Å². The van der Waals surface area contributed by atoms with Gasteiger partial charge < -0.3 is 14.5 Å². The Bertz CT molecular complexity index is 1110. The maximum Gasteiger partial charge on any atom is 0.243 e. The summed E-state index contributed by atoms with van der Waals surface area (Å²) >= 11 is 6.11. The second-order valence-corrected chi connectivity index (χ2v) is 11.0. The molecule has 2 aromatic carbocycles. The number of hydrogen-bond acceptors (Lipinski definition) is 5. The topological polar surface area (TPSA) is 70.2 Å². The van der Waals surface area contributed by atoms with Gasteiger partial charge in [0.15, 0.2) is 0 Å². The van der Waals surface area contributed by atoms with E-state index in [0.717, 1.165) is 24.3 Å². The molecule has 0 bridgehead atoms. The van der Waals surface area contributed by atoms with E-state index in [0.29, 0.717) is 49.8 Å². The molecule has 0 aliphatic carbocycles. The highest BCUT2D eigenvalue weighted by Gasteiger charge is 2.34. The summed E-state index contributed by atoms with van der Waals surface area (Å²) in [6.45, 7) is 5.38. The van der Waals surface area contributed by atoms with Crippen molar-refractivity contribution in [3.05, 3.63) is 53.1 Å². The molecule has 0 unspecified atom stereocenters. The van der Waals surface area contributed by atoms with Crippen LogP contribution in [-0.4, -0.2) is 69.9 Å². The van der Waals surface area contributed by atoms with Gasteiger partial charge in [-0.3, -0.25) is 4.79 Å². The number of carbonyl (C=O) groups is 1. The molecule has 0 spiro atoms. The first kappa shape index (κ1) is 23.9. The van der Waals surface area contributed by atoms with E-state index in [1.807, 2.05) is 36.1 Å². The van der Waals surface area contributed by atoms with Gasteiger partial charge >= 0.3 is 0 Å². The molecule has 0 atom stereocenters. The van der Waals surface area contributed by atoms with Crippen molar-refractivity contribution >= 4 is 33.2 Å². The number of aryl methyl sites for hydroxylation is 1. The number of hydrogen-bond donors (Lipinski definition) is 0. The van der Waals surface area contributed by atoms with E-state index < -0.39 is 10.0 Å². The van der Waals surface area contributed by atoms with Crippen molar-refractivity contribution in [3.8, 4) is 5.75 Å². The first-order chi connectivity index (χ1) is 15.8. The Morgan fingerprint density at radius 3 is 2.30 bits per heavy atom. The zero-order valence-electron chi connectivity index (χ0n) is 19.0. The van der Waals surface area contributed by atoms with Gasteiger partial charge in [0.1, 0.15) is 5.75 Å². The lowest BCUT2D eigenvalue weighted by atomic mass is 9.96. The van der Waals surface area contributed by atoms with Crippen LogP contribution in [0.25, 0.3) is 0 Å². The molecular formula is C24H30ClN3O4S. The summed E-state index contributed by atoms with van der Waals surface area (Å²) < 4.78 is 32.9. The van der Waals surface area contributed by atoms with Crippen molar-refractivity contribution < 1.29 is 17.9 Å². The average molecular weight is 492 g/mol. The summed E-state index contributed by atoms with van der Waals surface area (Å²) in [6, 6.07) is 12.7. The fourth-order valence-corrected chi connectivity index (χ4v) is 6.36. The molecule has 2 fully saturated rings. The standard InChI is InChI=1S/C24H30ClN3O4S/c1-18-16-22(6-7-23(18)32-2)33(30,31)28-10-8-19(9-11-28)24(29)27-14-12-26(13-15-27)21-5-3-4-20(25)17-21/h3-7,16-17,19H,8-15H2,1-2H3. The van der Waals surface area contributed by atoms with Gasteiger partial charge in [0.25, 0.3) is 0 Å². The van der Waals surface area contributed by atoms with Gasteiger partial charge in [-0.05, 0) is 61.7 Å². The monoisotopic (exact) mass is 491 g/mol. The number of amides is 1. The van der Waals surface area contributed by atoms with Crippen LogP contribution >= 0.6 is 11.6 Å². The fourth-order valence-electron chi connectivity index (χ4n) is 4.62. The zero-order chi connectivity index (χ0) is 23.6. The predicted octanol–water partition coefficient (Wildman–Crippen LogP) is 3.41. The van der Waals surface area contributed by atoms with Crippen LogP contribution < -0.4 is 9.64 Å². The second kappa shape index (κ2) is 9.91. The minimum absolute atomic E-state index is 0.133. The molecule has 2 aliphatic heterocycles. The molecule has 0 N–H and O–H groups in total. The third kappa shape index (κ3) is 5.13. The van der Waals surface area contributed by atoms with E-state index in [4.69, 9.17) is 16.3 Å². The van der Waals surface area contributed by atoms with Crippen LogP contribution in [0, 0.1) is 12.8 Å². The van der Waals surface area contributed by atoms with Crippen LogP contribution in [0.5, 0.6) is 5.75 Å². The summed E-state index contributed by atoms with van der Waals surface area (Å²) in [4.78, 5) is 17.5. The highest BCUT2D eigenvalue weighted by molar-refractivity contribution is 7.89. The number of benzene rings is 2. The SMILES string of the molecule is COc1ccc(S(=O)(=O)N2CCC(C(=O)N3CCN(c4cccc(Cl)c4)CC3)CC2)cc1C. The van der Waals surface area contributed by atoms with E-state index in [2.05, 4.69) is 4.90 Å². The molecule has 2 aliphatic rings. The Balaban J connectivity index is 1.32. The molecule has 33 heavy (non-hydrogen) atoms. The largest absolute Gasteiger partial charge is 0.496 e. The van der Waals surface area contributed by atoms with E-state index >= 15 is 0 Å². The molecule has 0 aromatic heterocycles. The first-order valence-electron chi connectivity index (χ1n) is 11.2. The number of piperazine rings is 1. The van der Waals surface area contributed by atoms with E-state index in [1.165, 1.54) is 4.31 Å². The third-order valence-electron chi connectivity index (χ3n) is 6.57. The molecule has 0 radical (unpaired) electrons. The number of carbonyl (C=O) groups excluding carboxylic acids is 1. The van der Waals surface area contributed by atoms with Crippen LogP contribution in [0.4, 0.5) is 5.69 Å². The lowest BCUT2D eigenvalue weighted by Crippen LogP contribution is -2.52. The van der Waals surface area contributed by atoms with Crippen molar-refractivity contribution in [2.75, 3.05) is 51.3 Å². The molecule has 2 saturated heterocycles. The van der Waals surface area contributed by atoms with Crippen molar-refractivity contribution in [1.82, 2.24) is 9.21 Å². The van der Waals surface area contributed by atoms with E-state index in [1.54, 1.807) is 25.3 Å². The van der Waals surface area contributed by atoms with Gasteiger partial charge in [0, 0.05) is 55.9 Å². The maximum atomic E-state index is 13.1. The summed E-state index contributed by atoms with van der Waals surface area (Å²) in [5, 5.41) is 0.706. The molecule has 178 valence electrons. The predicted molar refractivity (Wildman–Crippen MR) is 129 cm³/mol. The number of piperidine rings is 1. The van der Waals surface area contributed by atoms with Gasteiger partial charge in [-0.25, -0.2) is 8.42 Å². The van der Waals surface area contributed by atoms with Crippen molar-refractivity contribution in [3.63, 3.8) is 0 Å². The molecule has 2 aromatic rings. The normalized spacial score (nSPS) is 18.4. The number of anilines is 1. The number of ether oxygens (including phenoxy) is 1. The van der Waals surface area contributed by atoms with Crippen molar-refractivity contribution in [2.24, 2.45) is 5.92 Å². The van der Waals surface area contributed by atoms with Crippen molar-refractivity contribution in [2.45, 2.75) is 24.7 Å². The number of sulfonamides is 1. The highest BCUT2D eigenvalue weighted by Crippen LogP contribution is 2.28. The zero-order valence-corrected chi connectivity index (χ0v) is 20.6. The molecule has 0 saturated carbocycles. The molecule has 9 heteroatoms. The summed E-state index contributed by atoms with van der Waals surface area (Å²) in [5.74, 6) is 0.665. The van der Waals surface area contributed by atoms with Crippen LogP contribution in [0.3, 0.4) is 0 Å². The molecule has 7 nitrogen and oxygen atoms in total. The lowest BCUT2D eigenvalue weighted by molar-refractivity contribution is -0.137. The summed E-state index contributed by atoms with van der Waals surface area (Å²) in [5.41, 5.74) is 1.85. The first-order valence-corrected chi connectivity index (χ1v) is 13.1. The molecule has 1 amide bonds. The summed E-state index contributed by atoms with van der Waals surface area (Å²) in [7, 11) is -2.02. The highest BCUT2D eigenvalue weighted by atomic mass is 35.5. The van der Waals surface area contributed by atoms with E-state index in [9.17, 15) is 13.2 Å². The Hall–Kier alpha value is -2.29. The fraction of sp³-hybridized carbons (Fsp3) is 0.458. The Morgan fingerprint density at radius 2 is 1.70 bits per heavy atom. The molecular weight excluding hydrogens is 462 g/mol. The quantitative estimate of drug-likeness (QED) is 0.641. The third-order valence-corrected chi connectivity index (χ3v) is 8.70. The average Bonchev–Trinajstić information content (AvgIpc) is 2.83. The van der Waals surface area contributed by atoms with Crippen LogP contribution in [0.1, 0.15) is 18.4 Å². The van der Waals surface area contributed by atoms with Gasteiger partial charge in [0.2, 0.25) is 15.9 Å². The minimum Gasteiger partial charge on any atom is -0.496 e. The summed E-state index contributed by atoms with van der Waals surface area (Å²) in [6.07, 6.45) is 1.09. The van der Waals surface area contributed by atoms with Gasteiger partial charge in [-0.1, -0.05) is 17.7 Å². The van der Waals surface area contributed by atoms with Crippen LogP contribution in [-0.2, 0) is 14.8 Å². The number of methoxy groups -OCH3 is 1. The lowest BCUT2D eigenvalue weighted by Gasteiger charge is -2.39. The van der Waals surface area contributed by atoms with Crippen LogP contribution in [0.2, 0.25) is 5.02 Å². The van der Waals surface area contributed by atoms with Crippen LogP contribution in [0.15, 0.2) is 47.4 Å². The molecule has 2 heterocycles. The number of nitrogens with zero attached hydrogens (tertiary/aromatic N) is 3. The minimum atomic E-state index is -3.59. The van der Waals surface area contributed by atoms with Gasteiger partial charge in [-0.15, -0.1) is 0 Å². The Morgan fingerprint density at radius 1 is 1.00 bits per heavy atom. The van der Waals surface area contributed by atoms with Gasteiger partial charge in [0.05, 0.1) is 12.0 Å². The van der Waals surface area contributed by atoms with E-state index in [-0.39, 0.29) is 16.7 Å². The number of halogens is 1. The maximum absolute atomic E-state index is 13.1.